The van der Waals surface area contributed by atoms with Crippen molar-refractivity contribution in [3.63, 3.8) is 0 Å². The Balaban J connectivity index is 2.15. The molecule has 0 aliphatic heterocycles. The summed E-state index contributed by atoms with van der Waals surface area (Å²) in [6.07, 6.45) is 10.8. The maximum atomic E-state index is 7.01. The first-order valence-corrected chi connectivity index (χ1v) is 12.8. The van der Waals surface area contributed by atoms with Crippen LogP contribution < -0.4 is 0 Å². The first-order valence-electron chi connectivity index (χ1n) is 10.2. The third-order valence-electron chi connectivity index (χ3n) is 7.70. The van der Waals surface area contributed by atoms with Crippen LogP contribution in [0.4, 0.5) is 0 Å². The van der Waals surface area contributed by atoms with Crippen molar-refractivity contribution in [1.29, 1.82) is 0 Å². The summed E-state index contributed by atoms with van der Waals surface area (Å²) in [6, 6.07) is 3.86. The van der Waals surface area contributed by atoms with Crippen molar-refractivity contribution < 1.29 is 4.43 Å². The molecular formula is C21H40OSi. The molecule has 3 unspecified atom stereocenters. The summed E-state index contributed by atoms with van der Waals surface area (Å²) >= 11 is 0. The van der Waals surface area contributed by atoms with Crippen LogP contribution in [0.15, 0.2) is 12.7 Å². The third kappa shape index (κ3) is 3.63. The molecule has 134 valence electrons. The lowest BCUT2D eigenvalue weighted by atomic mass is 9.61. The quantitative estimate of drug-likeness (QED) is 0.349. The van der Waals surface area contributed by atoms with E-state index in [1.54, 1.807) is 0 Å². The zero-order chi connectivity index (χ0) is 17.1. The van der Waals surface area contributed by atoms with Gasteiger partial charge >= 0.3 is 0 Å². The molecule has 0 heterocycles. The van der Waals surface area contributed by atoms with Crippen molar-refractivity contribution in [1.82, 2.24) is 0 Å². The number of fused-ring (bicyclic) bond motifs is 1. The van der Waals surface area contributed by atoms with Crippen LogP contribution in [0.3, 0.4) is 0 Å². The molecule has 0 spiro atoms. The monoisotopic (exact) mass is 336 g/mol. The Morgan fingerprint density at radius 3 is 2.39 bits per heavy atom. The summed E-state index contributed by atoms with van der Waals surface area (Å²) < 4.78 is 7.01. The molecule has 0 amide bonds. The highest BCUT2D eigenvalue weighted by molar-refractivity contribution is 6.73. The average Bonchev–Trinajstić information content (AvgIpc) is 2.91. The molecule has 0 bridgehead atoms. The van der Waals surface area contributed by atoms with Crippen molar-refractivity contribution in [3.05, 3.63) is 12.7 Å². The van der Waals surface area contributed by atoms with Gasteiger partial charge in [-0.2, -0.15) is 0 Å². The predicted octanol–water partition coefficient (Wildman–Crippen LogP) is 6.81. The summed E-state index contributed by atoms with van der Waals surface area (Å²) in [7, 11) is -1.48. The molecule has 0 aromatic heterocycles. The van der Waals surface area contributed by atoms with E-state index in [1.807, 2.05) is 0 Å². The standard InChI is InChI=1S/C21H40OSi/c1-7-12-17(5)18-14-15-19-20(13-11-16-21(18,19)6)22-23(8-2,9-3)10-4/h7,17-20H,1,8-16H2,2-6H3/t17-,18?,19?,20?,21+/m0/s1. The number of allylic oxidation sites excluding steroid dienone is 1. The fraction of sp³-hybridized carbons (Fsp3) is 0.905. The van der Waals surface area contributed by atoms with Crippen LogP contribution in [0.2, 0.25) is 18.1 Å². The molecule has 0 N–H and O–H groups in total. The lowest BCUT2D eigenvalue weighted by Gasteiger charge is -2.48. The highest BCUT2D eigenvalue weighted by atomic mass is 28.4. The lowest BCUT2D eigenvalue weighted by Crippen LogP contribution is -2.48. The normalized spacial score (nSPS) is 35.8. The van der Waals surface area contributed by atoms with Gasteiger partial charge in [-0.05, 0) is 73.4 Å². The van der Waals surface area contributed by atoms with Crippen molar-refractivity contribution in [2.45, 2.75) is 97.4 Å². The van der Waals surface area contributed by atoms with Crippen molar-refractivity contribution in [3.8, 4) is 0 Å². The zero-order valence-corrected chi connectivity index (χ0v) is 17.4. The maximum Gasteiger partial charge on any atom is 0.192 e. The van der Waals surface area contributed by atoms with Gasteiger partial charge in [-0.25, -0.2) is 0 Å². The predicted molar refractivity (Wildman–Crippen MR) is 104 cm³/mol. The second kappa shape index (κ2) is 7.87. The van der Waals surface area contributed by atoms with Crippen LogP contribution in [-0.2, 0) is 4.43 Å². The van der Waals surface area contributed by atoms with E-state index in [4.69, 9.17) is 4.43 Å². The minimum atomic E-state index is -1.48. The van der Waals surface area contributed by atoms with Crippen molar-refractivity contribution >= 4 is 8.32 Å². The topological polar surface area (TPSA) is 9.23 Å². The zero-order valence-electron chi connectivity index (χ0n) is 16.4. The molecule has 0 saturated heterocycles. The van der Waals surface area contributed by atoms with Crippen LogP contribution in [0.1, 0.15) is 73.1 Å². The van der Waals surface area contributed by atoms with Gasteiger partial charge in [0.2, 0.25) is 0 Å². The Morgan fingerprint density at radius 2 is 1.83 bits per heavy atom. The molecule has 2 aliphatic rings. The fourth-order valence-electron chi connectivity index (χ4n) is 5.98. The Bertz CT molecular complexity index is 381. The molecular weight excluding hydrogens is 296 g/mol. The molecule has 0 radical (unpaired) electrons. The van der Waals surface area contributed by atoms with Gasteiger partial charge in [-0.15, -0.1) is 6.58 Å². The van der Waals surface area contributed by atoms with Gasteiger partial charge < -0.3 is 4.43 Å². The molecule has 2 aliphatic carbocycles. The molecule has 23 heavy (non-hydrogen) atoms. The van der Waals surface area contributed by atoms with Crippen LogP contribution >= 0.6 is 0 Å². The second-order valence-electron chi connectivity index (χ2n) is 8.59. The molecule has 2 heteroatoms. The third-order valence-corrected chi connectivity index (χ3v) is 12.4. The SMILES string of the molecule is C=CC[C@H](C)C1CCC2C(O[Si](CC)(CC)CC)CCC[C@@]21C. The van der Waals surface area contributed by atoms with E-state index in [9.17, 15) is 0 Å². The minimum absolute atomic E-state index is 0.515. The van der Waals surface area contributed by atoms with Crippen LogP contribution in [0.25, 0.3) is 0 Å². The Kier molecular flexibility index (Phi) is 6.58. The van der Waals surface area contributed by atoms with Gasteiger partial charge in [0.25, 0.3) is 0 Å². The molecule has 1 nitrogen and oxygen atoms in total. The van der Waals surface area contributed by atoms with Gasteiger partial charge in [-0.3, -0.25) is 0 Å². The van der Waals surface area contributed by atoms with Gasteiger partial charge in [-0.1, -0.05) is 47.1 Å². The van der Waals surface area contributed by atoms with Gasteiger partial charge in [0.05, 0.1) is 0 Å². The van der Waals surface area contributed by atoms with Gasteiger partial charge in [0.1, 0.15) is 0 Å². The molecule has 2 rings (SSSR count). The molecule has 2 fully saturated rings. The van der Waals surface area contributed by atoms with Gasteiger partial charge in [0, 0.05) is 6.10 Å². The number of rotatable bonds is 8. The minimum Gasteiger partial charge on any atom is -0.414 e. The Hall–Kier alpha value is -0.0831. The second-order valence-corrected chi connectivity index (χ2v) is 13.3. The van der Waals surface area contributed by atoms with E-state index in [0.29, 0.717) is 11.5 Å². The summed E-state index contributed by atoms with van der Waals surface area (Å²) in [5, 5.41) is 0. The molecule has 5 atom stereocenters. The average molecular weight is 337 g/mol. The van der Waals surface area contributed by atoms with Crippen LogP contribution in [0.5, 0.6) is 0 Å². The maximum absolute atomic E-state index is 7.01. The number of hydrogen-bond acceptors (Lipinski definition) is 1. The Morgan fingerprint density at radius 1 is 1.17 bits per heavy atom. The van der Waals surface area contributed by atoms with E-state index >= 15 is 0 Å². The van der Waals surface area contributed by atoms with E-state index in [2.05, 4.69) is 47.3 Å². The lowest BCUT2D eigenvalue weighted by molar-refractivity contribution is -0.0190. The summed E-state index contributed by atoms with van der Waals surface area (Å²) in [5.74, 6) is 2.47. The first kappa shape index (κ1) is 19.2. The van der Waals surface area contributed by atoms with E-state index < -0.39 is 8.32 Å². The summed E-state index contributed by atoms with van der Waals surface area (Å²) in [5.41, 5.74) is 0.515. The summed E-state index contributed by atoms with van der Waals surface area (Å²) in [6.45, 7) is 16.1. The van der Waals surface area contributed by atoms with E-state index in [0.717, 1.165) is 17.8 Å². The van der Waals surface area contributed by atoms with Crippen LogP contribution in [-0.4, -0.2) is 14.4 Å². The first-order chi connectivity index (χ1) is 11.0. The molecule has 0 aromatic carbocycles. The largest absolute Gasteiger partial charge is 0.414 e. The highest BCUT2D eigenvalue weighted by Gasteiger charge is 2.53. The Labute approximate surface area is 146 Å². The number of hydrogen-bond donors (Lipinski definition) is 0. The van der Waals surface area contributed by atoms with Crippen LogP contribution in [0, 0.1) is 23.2 Å². The molecule has 0 aromatic rings. The van der Waals surface area contributed by atoms with E-state index in [1.165, 1.54) is 56.7 Å². The molecule has 2 saturated carbocycles. The fourth-order valence-corrected chi connectivity index (χ4v) is 8.91. The smallest absolute Gasteiger partial charge is 0.192 e. The van der Waals surface area contributed by atoms with Crippen molar-refractivity contribution in [2.24, 2.45) is 23.2 Å². The van der Waals surface area contributed by atoms with Gasteiger partial charge in [0.15, 0.2) is 8.32 Å². The van der Waals surface area contributed by atoms with E-state index in [-0.39, 0.29) is 0 Å². The van der Waals surface area contributed by atoms with Crippen molar-refractivity contribution in [2.75, 3.05) is 0 Å². The summed E-state index contributed by atoms with van der Waals surface area (Å²) in [4.78, 5) is 0. The highest BCUT2D eigenvalue weighted by Crippen LogP contribution is 2.59.